The third-order valence-electron chi connectivity index (χ3n) is 11.7. The summed E-state index contributed by atoms with van der Waals surface area (Å²) in [6.45, 7) is 2.10. The Morgan fingerprint density at radius 1 is 0.771 bits per heavy atom. The molecular formula is C50H55ClN9O9S-. The molecule has 2 aliphatic heterocycles. The maximum absolute atomic E-state index is 13.6. The van der Waals surface area contributed by atoms with Gasteiger partial charge >= 0.3 is 12.1 Å². The molecule has 7 amide bonds. The SMILES string of the molecule is C[C@@H](N)C(=O)N[C@@H](Cc1ccccc1)C(=O)N[C@@H](CCCCN)C(=O)Nc1ccc(COC(=O)Nc2ccc(C(=O)N3CCc4cc(S(=O)(=O)N5C[C@@H](c6ccccc6)NC5=O)ccc43)cc2)cc1.[Cl-]. The minimum absolute atomic E-state index is 0. The lowest BCUT2D eigenvalue weighted by Crippen LogP contribution is -3.00. The number of halogens is 1. The molecule has 4 atom stereocenters. The Morgan fingerprint density at radius 3 is 2.09 bits per heavy atom. The molecule has 0 saturated carbocycles. The molecule has 70 heavy (non-hydrogen) atoms. The van der Waals surface area contributed by atoms with Crippen LogP contribution in [0.5, 0.6) is 0 Å². The van der Waals surface area contributed by atoms with Crippen LogP contribution in [0.1, 0.15) is 64.8 Å². The molecule has 0 radical (unpaired) electrons. The van der Waals surface area contributed by atoms with Crippen LogP contribution in [0.4, 0.5) is 26.7 Å². The van der Waals surface area contributed by atoms with Crippen molar-refractivity contribution >= 4 is 62.8 Å². The number of carbonyl (C=O) groups excluding carboxylic acids is 6. The smallest absolute Gasteiger partial charge is 0.411 e. The van der Waals surface area contributed by atoms with Crippen LogP contribution < -0.4 is 55.4 Å². The third-order valence-corrected chi connectivity index (χ3v) is 13.5. The highest BCUT2D eigenvalue weighted by atomic mass is 35.5. The zero-order chi connectivity index (χ0) is 49.1. The number of anilines is 3. The number of unbranched alkanes of at least 4 members (excludes halogenated alkanes) is 1. The van der Waals surface area contributed by atoms with Gasteiger partial charge < -0.3 is 54.8 Å². The number of nitrogens with zero attached hydrogens (tertiary/aromatic N) is 2. The van der Waals surface area contributed by atoms with E-state index in [1.807, 2.05) is 60.7 Å². The maximum atomic E-state index is 13.6. The zero-order valence-electron chi connectivity index (χ0n) is 38.3. The van der Waals surface area contributed by atoms with E-state index >= 15 is 0 Å². The van der Waals surface area contributed by atoms with Crippen molar-refractivity contribution in [1.82, 2.24) is 20.3 Å². The molecule has 0 aliphatic carbocycles. The summed E-state index contributed by atoms with van der Waals surface area (Å²) in [5, 5.41) is 13.7. The van der Waals surface area contributed by atoms with Gasteiger partial charge in [0.2, 0.25) is 17.7 Å². The molecule has 0 aromatic heterocycles. The van der Waals surface area contributed by atoms with E-state index in [-0.39, 0.29) is 42.8 Å². The topological polar surface area (TPSA) is 264 Å². The Bertz CT molecular complexity index is 2770. The predicted octanol–water partition coefficient (Wildman–Crippen LogP) is 1.72. The molecule has 5 aromatic rings. The number of nitrogens with one attached hydrogen (secondary N) is 5. The van der Waals surface area contributed by atoms with Gasteiger partial charge in [0.15, 0.2) is 0 Å². The second-order valence-electron chi connectivity index (χ2n) is 16.8. The number of ether oxygens (including phenoxy) is 1. The lowest BCUT2D eigenvalue weighted by molar-refractivity contribution is -0.131. The van der Waals surface area contributed by atoms with E-state index in [1.165, 1.54) is 19.1 Å². The lowest BCUT2D eigenvalue weighted by Gasteiger charge is -2.24. The van der Waals surface area contributed by atoms with Crippen molar-refractivity contribution in [3.05, 3.63) is 155 Å². The van der Waals surface area contributed by atoms with Gasteiger partial charge in [0.25, 0.3) is 15.9 Å². The molecule has 2 heterocycles. The maximum Gasteiger partial charge on any atom is 0.411 e. The normalized spacial score (nSPS) is 15.3. The minimum Gasteiger partial charge on any atom is -1.00 e. The molecule has 368 valence electrons. The van der Waals surface area contributed by atoms with Gasteiger partial charge in [0, 0.05) is 35.6 Å². The number of urea groups is 1. The van der Waals surface area contributed by atoms with Gasteiger partial charge in [0.1, 0.15) is 18.7 Å². The van der Waals surface area contributed by atoms with Gasteiger partial charge in [-0.25, -0.2) is 22.3 Å². The van der Waals surface area contributed by atoms with Crippen molar-refractivity contribution < 1.29 is 54.3 Å². The first-order valence-electron chi connectivity index (χ1n) is 22.6. The van der Waals surface area contributed by atoms with Crippen molar-refractivity contribution in [2.24, 2.45) is 11.5 Å². The summed E-state index contributed by atoms with van der Waals surface area (Å²) in [6, 6.07) is 31.7. The number of carbonyl (C=O) groups is 6. The lowest BCUT2D eigenvalue weighted by atomic mass is 10.0. The molecule has 1 fully saturated rings. The largest absolute Gasteiger partial charge is 1.00 e. The van der Waals surface area contributed by atoms with Crippen molar-refractivity contribution in [3.63, 3.8) is 0 Å². The van der Waals surface area contributed by atoms with Crippen LogP contribution in [-0.2, 0) is 48.6 Å². The van der Waals surface area contributed by atoms with Crippen LogP contribution in [0.15, 0.2) is 132 Å². The van der Waals surface area contributed by atoms with Crippen LogP contribution in [0.3, 0.4) is 0 Å². The Labute approximate surface area is 412 Å². The second kappa shape index (κ2) is 23.8. The fraction of sp³-hybridized carbons (Fsp3) is 0.280. The third kappa shape index (κ3) is 13.1. The van der Waals surface area contributed by atoms with Gasteiger partial charge in [-0.15, -0.1) is 0 Å². The van der Waals surface area contributed by atoms with Crippen LogP contribution in [0.2, 0.25) is 0 Å². The van der Waals surface area contributed by atoms with E-state index in [2.05, 4.69) is 26.6 Å². The minimum atomic E-state index is -4.17. The zero-order valence-corrected chi connectivity index (χ0v) is 39.9. The van der Waals surface area contributed by atoms with Crippen molar-refractivity contribution in [2.75, 3.05) is 35.2 Å². The van der Waals surface area contributed by atoms with Gasteiger partial charge in [-0.2, -0.15) is 0 Å². The van der Waals surface area contributed by atoms with Crippen LogP contribution >= 0.6 is 0 Å². The average Bonchev–Trinajstić information content (AvgIpc) is 3.97. The first-order valence-corrected chi connectivity index (χ1v) is 24.0. The molecular weight excluding hydrogens is 938 g/mol. The number of hydrogen-bond acceptors (Lipinski definition) is 11. The van der Waals surface area contributed by atoms with E-state index < -0.39 is 64.0 Å². The highest BCUT2D eigenvalue weighted by Crippen LogP contribution is 2.34. The number of benzene rings is 5. The summed E-state index contributed by atoms with van der Waals surface area (Å²) >= 11 is 0. The fourth-order valence-electron chi connectivity index (χ4n) is 7.94. The van der Waals surface area contributed by atoms with Crippen LogP contribution in [-0.4, -0.2) is 86.2 Å². The Kier molecular flexibility index (Phi) is 17.7. The number of amides is 7. The molecule has 2 aliphatic rings. The number of sulfonamides is 1. The molecule has 20 heteroatoms. The van der Waals surface area contributed by atoms with E-state index in [4.69, 9.17) is 16.2 Å². The summed E-state index contributed by atoms with van der Waals surface area (Å²) in [7, 11) is -4.17. The highest BCUT2D eigenvalue weighted by Gasteiger charge is 2.39. The van der Waals surface area contributed by atoms with Crippen LogP contribution in [0.25, 0.3) is 0 Å². The Morgan fingerprint density at radius 2 is 1.41 bits per heavy atom. The Hall–Kier alpha value is -7.32. The van der Waals surface area contributed by atoms with E-state index in [0.29, 0.717) is 72.5 Å². The van der Waals surface area contributed by atoms with E-state index in [0.717, 1.165) is 15.4 Å². The quantitative estimate of drug-likeness (QED) is 0.0586. The van der Waals surface area contributed by atoms with Crippen molar-refractivity contribution in [2.45, 2.75) is 74.7 Å². The first-order chi connectivity index (χ1) is 33.2. The summed E-state index contributed by atoms with van der Waals surface area (Å²) in [5.74, 6) is -1.82. The fourth-order valence-corrected chi connectivity index (χ4v) is 9.34. The molecule has 7 rings (SSSR count). The first kappa shape index (κ1) is 52.1. The average molecular weight is 994 g/mol. The van der Waals surface area contributed by atoms with Gasteiger partial charge in [-0.05, 0) is 116 Å². The standard InChI is InChI=1S/C50H55N9O9S.ClH/c1-32(52)45(60)56-42(28-33-10-4-2-5-11-33)47(62)55-41(14-8-9-26-51)46(61)53-38-19-15-34(16-20-38)31-68-50(65)54-39-21-17-36(18-22-39)48(63)58-27-25-37-29-40(23-24-44(37)58)69(66,67)59-30-43(57-49(59)64)35-12-6-3-7-13-35;/h2-7,10-13,15-24,29,32,41-43H,8-9,14,25-28,30-31,51-52H2,1H3,(H,53,61)(H,54,65)(H,55,62)(H,56,60)(H,57,64);1H/p-1/t32-,41+,42+,43+;/m1./s1. The molecule has 0 unspecified atom stereocenters. The van der Waals surface area contributed by atoms with E-state index in [9.17, 15) is 37.2 Å². The Balaban J connectivity index is 0.00000804. The highest BCUT2D eigenvalue weighted by molar-refractivity contribution is 7.89. The summed E-state index contributed by atoms with van der Waals surface area (Å²) in [6.07, 6.45) is 1.37. The summed E-state index contributed by atoms with van der Waals surface area (Å²) in [5.41, 5.74) is 16.1. The molecule has 18 nitrogen and oxygen atoms in total. The van der Waals surface area contributed by atoms with Crippen LogP contribution in [0, 0.1) is 0 Å². The second-order valence-corrected chi connectivity index (χ2v) is 18.7. The number of rotatable bonds is 19. The van der Waals surface area contributed by atoms with Gasteiger partial charge in [0.05, 0.1) is 23.5 Å². The molecule has 1 saturated heterocycles. The number of nitrogens with two attached hydrogens (primary N) is 2. The molecule has 5 aromatic carbocycles. The van der Waals surface area contributed by atoms with E-state index in [1.54, 1.807) is 59.5 Å². The predicted molar refractivity (Wildman–Crippen MR) is 259 cm³/mol. The summed E-state index contributed by atoms with van der Waals surface area (Å²) in [4.78, 5) is 80.3. The summed E-state index contributed by atoms with van der Waals surface area (Å²) < 4.78 is 33.4. The number of hydrogen-bond donors (Lipinski definition) is 7. The number of fused-ring (bicyclic) bond motifs is 1. The molecule has 0 bridgehead atoms. The monoisotopic (exact) mass is 992 g/mol. The molecule has 0 spiro atoms. The van der Waals surface area contributed by atoms with Crippen molar-refractivity contribution in [3.8, 4) is 0 Å². The van der Waals surface area contributed by atoms with Gasteiger partial charge in [-0.3, -0.25) is 24.5 Å². The van der Waals surface area contributed by atoms with Gasteiger partial charge in [-0.1, -0.05) is 72.8 Å². The molecule has 9 N–H and O–H groups in total. The van der Waals surface area contributed by atoms with Crippen molar-refractivity contribution in [1.29, 1.82) is 0 Å².